The van der Waals surface area contributed by atoms with Gasteiger partial charge in [0.1, 0.15) is 6.61 Å². The van der Waals surface area contributed by atoms with E-state index >= 15 is 0 Å². The molecule has 3 aromatic carbocycles. The number of halogens is 1. The van der Waals surface area contributed by atoms with Crippen molar-refractivity contribution in [2.24, 2.45) is 0 Å². The van der Waals surface area contributed by atoms with Crippen LogP contribution in [0.4, 0.5) is 10.5 Å². The van der Waals surface area contributed by atoms with Gasteiger partial charge in [0, 0.05) is 16.4 Å². The van der Waals surface area contributed by atoms with Crippen LogP contribution in [-0.2, 0) is 9.53 Å². The smallest absolute Gasteiger partial charge is 0.411 e. The number of anilines is 1. The molecule has 1 atom stereocenters. The van der Waals surface area contributed by atoms with E-state index in [9.17, 15) is 14.4 Å². The molecule has 1 aliphatic rings. The number of carbonyl (C=O) groups excluding carboxylic acids is 2. The highest BCUT2D eigenvalue weighted by atomic mass is 79.9. The second kappa shape index (κ2) is 10.1. The Kier molecular flexibility index (Phi) is 6.98. The predicted molar refractivity (Wildman–Crippen MR) is 132 cm³/mol. The number of carboxylic acid groups (broad SMARTS) is 1. The molecule has 8 heteroatoms. The molecule has 4 rings (SSSR count). The van der Waals surface area contributed by atoms with Crippen molar-refractivity contribution in [1.29, 1.82) is 0 Å². The van der Waals surface area contributed by atoms with Crippen molar-refractivity contribution in [2.75, 3.05) is 11.9 Å². The first-order valence-electron chi connectivity index (χ1n) is 10.8. The standard InChI is InChI=1S/C26H23BrN2O5/c1-15(12-24(30)31)28-25(32)21-11-10-16(27)13-23(21)29-26(33)34-14-22-19-8-4-2-6-17(19)18-7-3-5-9-20(18)22/h2-11,13,15,22H,12,14H2,1H3,(H,28,32)(H,29,33)(H,30,31). The van der Waals surface area contributed by atoms with Crippen LogP contribution < -0.4 is 10.6 Å². The Labute approximate surface area is 205 Å². The zero-order valence-electron chi connectivity index (χ0n) is 18.4. The van der Waals surface area contributed by atoms with Crippen molar-refractivity contribution in [3.8, 4) is 11.1 Å². The van der Waals surface area contributed by atoms with E-state index in [0.29, 0.717) is 4.47 Å². The lowest BCUT2D eigenvalue weighted by Gasteiger charge is -2.17. The van der Waals surface area contributed by atoms with Gasteiger partial charge in [0.25, 0.3) is 5.91 Å². The van der Waals surface area contributed by atoms with Gasteiger partial charge in [0.2, 0.25) is 0 Å². The summed E-state index contributed by atoms with van der Waals surface area (Å²) in [5.74, 6) is -1.59. The van der Waals surface area contributed by atoms with Crippen LogP contribution in [0, 0.1) is 0 Å². The third-order valence-corrected chi connectivity index (χ3v) is 6.16. The maximum Gasteiger partial charge on any atom is 0.411 e. The maximum atomic E-state index is 12.7. The van der Waals surface area contributed by atoms with Crippen LogP contribution in [0.2, 0.25) is 0 Å². The number of carboxylic acids is 1. The summed E-state index contributed by atoms with van der Waals surface area (Å²) in [7, 11) is 0. The van der Waals surface area contributed by atoms with Crippen LogP contribution in [0.15, 0.2) is 71.2 Å². The number of nitrogens with one attached hydrogen (secondary N) is 2. The summed E-state index contributed by atoms with van der Waals surface area (Å²) in [5.41, 5.74) is 4.93. The van der Waals surface area contributed by atoms with Gasteiger partial charge in [-0.15, -0.1) is 0 Å². The summed E-state index contributed by atoms with van der Waals surface area (Å²) in [4.78, 5) is 36.3. The average Bonchev–Trinajstić information content (AvgIpc) is 3.11. The SMILES string of the molecule is CC(CC(=O)O)NC(=O)c1ccc(Br)cc1NC(=O)OCC1c2ccccc2-c2ccccc21. The first-order valence-corrected chi connectivity index (χ1v) is 11.6. The molecule has 1 aliphatic carbocycles. The Morgan fingerprint density at radius 2 is 1.62 bits per heavy atom. The lowest BCUT2D eigenvalue weighted by molar-refractivity contribution is -0.137. The number of fused-ring (bicyclic) bond motifs is 3. The van der Waals surface area contributed by atoms with Crippen LogP contribution in [0.3, 0.4) is 0 Å². The average molecular weight is 523 g/mol. The summed E-state index contributed by atoms with van der Waals surface area (Å²) >= 11 is 3.35. The van der Waals surface area contributed by atoms with Gasteiger partial charge in [-0.25, -0.2) is 4.79 Å². The number of ether oxygens (including phenoxy) is 1. The number of hydrogen-bond acceptors (Lipinski definition) is 4. The zero-order chi connectivity index (χ0) is 24.2. The third kappa shape index (κ3) is 5.12. The van der Waals surface area contributed by atoms with Crippen LogP contribution in [0.5, 0.6) is 0 Å². The number of hydrogen-bond donors (Lipinski definition) is 3. The molecule has 0 saturated carbocycles. The van der Waals surface area contributed by atoms with Crippen molar-refractivity contribution in [1.82, 2.24) is 5.32 Å². The summed E-state index contributed by atoms with van der Waals surface area (Å²) in [6.45, 7) is 1.74. The van der Waals surface area contributed by atoms with Crippen molar-refractivity contribution in [2.45, 2.75) is 25.3 Å². The van der Waals surface area contributed by atoms with E-state index in [0.717, 1.165) is 22.3 Å². The summed E-state index contributed by atoms with van der Waals surface area (Å²) in [6, 6.07) is 20.3. The number of amides is 2. The summed E-state index contributed by atoms with van der Waals surface area (Å²) < 4.78 is 6.24. The van der Waals surface area contributed by atoms with Crippen LogP contribution >= 0.6 is 15.9 Å². The Bertz CT molecular complexity index is 1210. The largest absolute Gasteiger partial charge is 0.481 e. The molecule has 3 N–H and O–H groups in total. The van der Waals surface area contributed by atoms with E-state index < -0.39 is 24.0 Å². The molecule has 7 nitrogen and oxygen atoms in total. The fourth-order valence-electron chi connectivity index (χ4n) is 4.18. The molecule has 34 heavy (non-hydrogen) atoms. The number of carbonyl (C=O) groups is 3. The predicted octanol–water partition coefficient (Wildman–Crippen LogP) is 5.40. The monoisotopic (exact) mass is 522 g/mol. The van der Waals surface area contributed by atoms with E-state index in [1.807, 2.05) is 36.4 Å². The topological polar surface area (TPSA) is 105 Å². The normalized spacial score (nSPS) is 12.9. The Morgan fingerprint density at radius 3 is 2.24 bits per heavy atom. The number of aliphatic carboxylic acids is 1. The Hall–Kier alpha value is -3.65. The molecule has 0 spiro atoms. The molecule has 2 amide bonds. The molecular formula is C26H23BrN2O5. The minimum Gasteiger partial charge on any atom is -0.481 e. The number of rotatable bonds is 7. The van der Waals surface area contributed by atoms with Gasteiger partial charge in [-0.2, -0.15) is 0 Å². The second-order valence-corrected chi connectivity index (χ2v) is 9.03. The lowest BCUT2D eigenvalue weighted by Crippen LogP contribution is -2.34. The molecule has 0 saturated heterocycles. The van der Waals surface area contributed by atoms with Crippen LogP contribution in [0.1, 0.15) is 40.7 Å². The minimum absolute atomic E-state index is 0.0831. The number of benzene rings is 3. The second-order valence-electron chi connectivity index (χ2n) is 8.11. The Balaban J connectivity index is 1.46. The lowest BCUT2D eigenvalue weighted by atomic mass is 9.98. The molecule has 0 aromatic heterocycles. The van der Waals surface area contributed by atoms with Gasteiger partial charge in [-0.1, -0.05) is 64.5 Å². The molecule has 1 unspecified atom stereocenters. The fourth-order valence-corrected chi connectivity index (χ4v) is 4.54. The highest BCUT2D eigenvalue weighted by Crippen LogP contribution is 2.44. The highest BCUT2D eigenvalue weighted by Gasteiger charge is 2.29. The first-order chi connectivity index (χ1) is 16.3. The summed E-state index contributed by atoms with van der Waals surface area (Å²) in [6.07, 6.45) is -0.898. The molecule has 0 heterocycles. The van der Waals surface area contributed by atoms with Gasteiger partial charge in [-0.05, 0) is 47.4 Å². The Morgan fingerprint density at radius 1 is 1.00 bits per heavy atom. The van der Waals surface area contributed by atoms with Crippen molar-refractivity contribution < 1.29 is 24.2 Å². The van der Waals surface area contributed by atoms with E-state index in [2.05, 4.69) is 38.7 Å². The molecule has 174 valence electrons. The van der Waals surface area contributed by atoms with E-state index in [4.69, 9.17) is 9.84 Å². The highest BCUT2D eigenvalue weighted by molar-refractivity contribution is 9.10. The third-order valence-electron chi connectivity index (χ3n) is 5.66. The molecule has 0 fully saturated rings. The van der Waals surface area contributed by atoms with Gasteiger partial charge < -0.3 is 15.2 Å². The van der Waals surface area contributed by atoms with Gasteiger partial charge in [-0.3, -0.25) is 14.9 Å². The quantitative estimate of drug-likeness (QED) is 0.385. The van der Waals surface area contributed by atoms with E-state index in [1.165, 1.54) is 0 Å². The van der Waals surface area contributed by atoms with Crippen molar-refractivity contribution in [3.05, 3.63) is 87.9 Å². The van der Waals surface area contributed by atoms with Gasteiger partial charge in [0.05, 0.1) is 17.7 Å². The first kappa shape index (κ1) is 23.5. The molecular weight excluding hydrogens is 500 g/mol. The molecule has 3 aromatic rings. The minimum atomic E-state index is -1.01. The van der Waals surface area contributed by atoms with Gasteiger partial charge >= 0.3 is 12.1 Å². The molecule has 0 bridgehead atoms. The summed E-state index contributed by atoms with van der Waals surface area (Å²) in [5, 5.41) is 14.2. The molecule has 0 radical (unpaired) electrons. The zero-order valence-corrected chi connectivity index (χ0v) is 20.0. The van der Waals surface area contributed by atoms with Crippen LogP contribution in [-0.4, -0.2) is 35.7 Å². The fraction of sp³-hybridized carbons (Fsp3) is 0.192. The molecule has 0 aliphatic heterocycles. The van der Waals surface area contributed by atoms with Crippen LogP contribution in [0.25, 0.3) is 11.1 Å². The van der Waals surface area contributed by atoms with Gasteiger partial charge in [0.15, 0.2) is 0 Å². The maximum absolute atomic E-state index is 12.7. The van der Waals surface area contributed by atoms with Crippen molar-refractivity contribution in [3.63, 3.8) is 0 Å². The van der Waals surface area contributed by atoms with E-state index in [1.54, 1.807) is 25.1 Å². The van der Waals surface area contributed by atoms with E-state index in [-0.39, 0.29) is 30.2 Å². The van der Waals surface area contributed by atoms with Crippen molar-refractivity contribution >= 4 is 39.6 Å².